The molecule has 1 aromatic carbocycles. The summed E-state index contributed by atoms with van der Waals surface area (Å²) in [6.07, 6.45) is 0.508. The van der Waals surface area contributed by atoms with Crippen LogP contribution in [0.4, 0.5) is 0 Å². The first-order valence-electron chi connectivity index (χ1n) is 6.68. The van der Waals surface area contributed by atoms with Crippen molar-refractivity contribution in [1.82, 2.24) is 0 Å². The van der Waals surface area contributed by atoms with Crippen LogP contribution in [0.2, 0.25) is 0 Å². The van der Waals surface area contributed by atoms with Crippen molar-refractivity contribution in [1.29, 1.82) is 0 Å². The third-order valence-corrected chi connectivity index (χ3v) is 2.70. The Balaban J connectivity index is 3.02. The lowest BCUT2D eigenvalue weighted by Gasteiger charge is -2.10. The summed E-state index contributed by atoms with van der Waals surface area (Å²) in [5.74, 6) is -1.25. The number of benzene rings is 1. The molecule has 0 saturated carbocycles. The van der Waals surface area contributed by atoms with Crippen LogP contribution in [0.15, 0.2) is 41.5 Å². The molecule has 0 N–H and O–H groups in total. The third kappa shape index (κ3) is 4.53. The van der Waals surface area contributed by atoms with Gasteiger partial charge in [-0.3, -0.25) is 0 Å². The molecule has 0 saturated heterocycles. The van der Waals surface area contributed by atoms with E-state index in [4.69, 9.17) is 9.47 Å². The van der Waals surface area contributed by atoms with Crippen molar-refractivity contribution in [3.8, 4) is 0 Å². The normalized spacial score (nSPS) is 9.75. The van der Waals surface area contributed by atoms with E-state index in [-0.39, 0.29) is 18.8 Å². The Morgan fingerprint density at radius 2 is 1.45 bits per heavy atom. The molecule has 20 heavy (non-hydrogen) atoms. The minimum atomic E-state index is -0.626. The molecule has 0 aromatic heterocycles. The van der Waals surface area contributed by atoms with Crippen LogP contribution in [0, 0.1) is 0 Å². The van der Waals surface area contributed by atoms with Gasteiger partial charge >= 0.3 is 11.9 Å². The van der Waals surface area contributed by atoms with Crippen LogP contribution in [0.3, 0.4) is 0 Å². The Labute approximate surface area is 119 Å². The van der Waals surface area contributed by atoms with Crippen LogP contribution in [0.25, 0.3) is 0 Å². The lowest BCUT2D eigenvalue weighted by atomic mass is 10.0. The number of esters is 2. The second-order valence-corrected chi connectivity index (χ2v) is 4.26. The number of ether oxygens (including phenoxy) is 2. The van der Waals surface area contributed by atoms with Gasteiger partial charge in [0.2, 0.25) is 0 Å². The van der Waals surface area contributed by atoms with Crippen molar-refractivity contribution in [2.24, 2.45) is 0 Å². The van der Waals surface area contributed by atoms with Gasteiger partial charge in [-0.25, -0.2) is 9.59 Å². The van der Waals surface area contributed by atoms with Gasteiger partial charge in [0.15, 0.2) is 0 Å². The molecule has 0 bridgehead atoms. The first kappa shape index (κ1) is 16.0. The van der Waals surface area contributed by atoms with E-state index in [0.29, 0.717) is 12.0 Å². The monoisotopic (exact) mass is 276 g/mol. The van der Waals surface area contributed by atoms with Crippen molar-refractivity contribution in [2.75, 3.05) is 13.2 Å². The second kappa shape index (κ2) is 8.15. The van der Waals surface area contributed by atoms with Crippen molar-refractivity contribution in [3.05, 3.63) is 47.0 Å². The highest BCUT2D eigenvalue weighted by Gasteiger charge is 2.23. The van der Waals surface area contributed by atoms with Crippen molar-refractivity contribution < 1.29 is 19.1 Å². The zero-order valence-corrected chi connectivity index (χ0v) is 12.1. The highest BCUT2D eigenvalue weighted by molar-refractivity contribution is 6.14. The van der Waals surface area contributed by atoms with E-state index in [9.17, 15) is 9.59 Å². The summed E-state index contributed by atoms with van der Waals surface area (Å²) in [4.78, 5) is 23.8. The Bertz CT molecular complexity index is 468. The fourth-order valence-electron chi connectivity index (χ4n) is 1.83. The van der Waals surface area contributed by atoms with Gasteiger partial charge in [-0.15, -0.1) is 0 Å². The standard InChI is InChI=1S/C16H20O4/c1-4-19-15(17)14(16(18)20-5-2)12(3)11-13-9-7-6-8-10-13/h6-10H,4-5,11H2,1-3H3. The Kier molecular flexibility index (Phi) is 6.50. The minimum Gasteiger partial charge on any atom is -0.462 e. The van der Waals surface area contributed by atoms with E-state index in [1.807, 2.05) is 30.3 Å². The number of rotatable bonds is 6. The van der Waals surface area contributed by atoms with Crippen LogP contribution in [-0.4, -0.2) is 25.2 Å². The number of carbonyl (C=O) groups is 2. The highest BCUT2D eigenvalue weighted by Crippen LogP contribution is 2.15. The average Bonchev–Trinajstić information content (AvgIpc) is 2.40. The number of carbonyl (C=O) groups excluding carboxylic acids is 2. The van der Waals surface area contributed by atoms with Crippen LogP contribution in [0.5, 0.6) is 0 Å². The van der Waals surface area contributed by atoms with Crippen molar-refractivity contribution >= 4 is 11.9 Å². The summed E-state index contributed by atoms with van der Waals surface area (Å²) < 4.78 is 9.87. The number of hydrogen-bond donors (Lipinski definition) is 0. The maximum absolute atomic E-state index is 11.9. The number of hydrogen-bond acceptors (Lipinski definition) is 4. The van der Waals surface area contributed by atoms with Crippen LogP contribution < -0.4 is 0 Å². The van der Waals surface area contributed by atoms with Gasteiger partial charge in [0.25, 0.3) is 0 Å². The first-order valence-corrected chi connectivity index (χ1v) is 6.68. The van der Waals surface area contributed by atoms with E-state index in [0.717, 1.165) is 5.56 Å². The second-order valence-electron chi connectivity index (χ2n) is 4.26. The van der Waals surface area contributed by atoms with Crippen LogP contribution >= 0.6 is 0 Å². The summed E-state index contributed by atoms with van der Waals surface area (Å²) in [6.45, 7) is 5.59. The Morgan fingerprint density at radius 3 is 1.90 bits per heavy atom. The van der Waals surface area contributed by atoms with Crippen molar-refractivity contribution in [3.63, 3.8) is 0 Å². The quantitative estimate of drug-likeness (QED) is 0.347. The molecule has 0 unspecified atom stereocenters. The van der Waals surface area contributed by atoms with Gasteiger partial charge in [-0.05, 0) is 38.3 Å². The molecule has 1 aromatic rings. The molecule has 108 valence electrons. The molecular weight excluding hydrogens is 256 g/mol. The molecule has 0 atom stereocenters. The molecular formula is C16H20O4. The maximum atomic E-state index is 11.9. The first-order chi connectivity index (χ1) is 9.60. The van der Waals surface area contributed by atoms with Crippen molar-refractivity contribution in [2.45, 2.75) is 27.2 Å². The van der Waals surface area contributed by atoms with Gasteiger partial charge in [-0.2, -0.15) is 0 Å². The average molecular weight is 276 g/mol. The summed E-state index contributed by atoms with van der Waals surface area (Å²) in [7, 11) is 0. The Morgan fingerprint density at radius 1 is 0.950 bits per heavy atom. The molecule has 0 aliphatic carbocycles. The molecule has 0 heterocycles. The van der Waals surface area contributed by atoms with Crippen LogP contribution in [0.1, 0.15) is 26.3 Å². The topological polar surface area (TPSA) is 52.6 Å². The SMILES string of the molecule is CCOC(=O)C(C(=O)OCC)=C(C)Cc1ccccc1. The largest absolute Gasteiger partial charge is 0.462 e. The molecule has 0 spiro atoms. The molecule has 4 nitrogen and oxygen atoms in total. The van der Waals surface area contributed by atoms with Gasteiger partial charge < -0.3 is 9.47 Å². The minimum absolute atomic E-state index is 0.00227. The van der Waals surface area contributed by atoms with E-state index < -0.39 is 11.9 Å². The van der Waals surface area contributed by atoms with Gasteiger partial charge in [0.05, 0.1) is 13.2 Å². The van der Waals surface area contributed by atoms with Gasteiger partial charge in [0.1, 0.15) is 5.57 Å². The molecule has 4 heteroatoms. The zero-order chi connectivity index (χ0) is 15.0. The van der Waals surface area contributed by atoms with E-state index in [2.05, 4.69) is 0 Å². The van der Waals surface area contributed by atoms with E-state index in [1.54, 1.807) is 20.8 Å². The molecule has 0 aliphatic heterocycles. The number of allylic oxidation sites excluding steroid dienone is 1. The predicted octanol–water partition coefficient (Wildman–Crippen LogP) is 2.67. The van der Waals surface area contributed by atoms with Gasteiger partial charge in [0, 0.05) is 0 Å². The fraction of sp³-hybridized carbons (Fsp3) is 0.375. The van der Waals surface area contributed by atoms with Crippen LogP contribution in [-0.2, 0) is 25.5 Å². The molecule has 0 fully saturated rings. The van der Waals surface area contributed by atoms with E-state index in [1.165, 1.54) is 0 Å². The third-order valence-electron chi connectivity index (χ3n) is 2.70. The highest BCUT2D eigenvalue weighted by atomic mass is 16.6. The molecule has 0 amide bonds. The zero-order valence-electron chi connectivity index (χ0n) is 12.1. The Hall–Kier alpha value is -2.10. The summed E-state index contributed by atoms with van der Waals surface area (Å²) >= 11 is 0. The predicted molar refractivity (Wildman–Crippen MR) is 76.1 cm³/mol. The smallest absolute Gasteiger partial charge is 0.345 e. The maximum Gasteiger partial charge on any atom is 0.345 e. The summed E-state index contributed by atoms with van der Waals surface area (Å²) in [5, 5.41) is 0. The summed E-state index contributed by atoms with van der Waals surface area (Å²) in [5.41, 5.74) is 1.67. The molecule has 1 rings (SSSR count). The lowest BCUT2D eigenvalue weighted by Crippen LogP contribution is -2.20. The summed E-state index contributed by atoms with van der Waals surface area (Å²) in [6, 6.07) is 9.63. The molecule has 0 aliphatic rings. The fourth-order valence-corrected chi connectivity index (χ4v) is 1.83. The lowest BCUT2D eigenvalue weighted by molar-refractivity contribution is -0.146. The van der Waals surface area contributed by atoms with E-state index >= 15 is 0 Å². The van der Waals surface area contributed by atoms with Gasteiger partial charge in [-0.1, -0.05) is 30.3 Å². The molecule has 0 radical (unpaired) electrons.